The van der Waals surface area contributed by atoms with Gasteiger partial charge in [-0.1, -0.05) is 6.92 Å². The Hall–Kier alpha value is -1.65. The molecule has 0 aromatic heterocycles. The normalized spacial score (nSPS) is 24.6. The predicted molar refractivity (Wildman–Crippen MR) is 71.8 cm³/mol. The van der Waals surface area contributed by atoms with Crippen LogP contribution in [0.4, 0.5) is 13.2 Å². The van der Waals surface area contributed by atoms with Crippen molar-refractivity contribution in [3.8, 4) is 0 Å². The van der Waals surface area contributed by atoms with Crippen molar-refractivity contribution in [2.75, 3.05) is 0 Å². The van der Waals surface area contributed by atoms with Crippen LogP contribution in [0.25, 0.3) is 0 Å². The van der Waals surface area contributed by atoms with Crippen LogP contribution in [-0.2, 0) is 4.79 Å². The van der Waals surface area contributed by atoms with Crippen LogP contribution >= 0.6 is 0 Å². The Morgan fingerprint density at radius 1 is 1.19 bits per heavy atom. The Morgan fingerprint density at radius 3 is 2.38 bits per heavy atom. The third kappa shape index (κ3) is 3.52. The highest BCUT2D eigenvalue weighted by Crippen LogP contribution is 2.42. The number of halogens is 3. The molecule has 0 N–H and O–H groups in total. The van der Waals surface area contributed by atoms with Crippen LogP contribution in [0, 0.1) is 17.7 Å². The second-order valence-corrected chi connectivity index (χ2v) is 5.50. The van der Waals surface area contributed by atoms with E-state index >= 15 is 0 Å². The van der Waals surface area contributed by atoms with E-state index in [-0.39, 0.29) is 30.0 Å². The highest BCUT2D eigenvalue weighted by atomic mass is 19.3. The van der Waals surface area contributed by atoms with Gasteiger partial charge in [-0.25, -0.2) is 13.2 Å². The Balaban J connectivity index is 2.25. The maximum atomic E-state index is 13.5. The molecule has 0 bridgehead atoms. The molecular weight excluding hydrogens is 281 g/mol. The fraction of sp³-hybridized carbons (Fsp3) is 0.500. The molecule has 1 aliphatic rings. The van der Waals surface area contributed by atoms with Gasteiger partial charge in [0.15, 0.2) is 5.78 Å². The van der Waals surface area contributed by atoms with Gasteiger partial charge in [0.05, 0.1) is 0 Å². The topological polar surface area (TPSA) is 34.1 Å². The minimum Gasteiger partial charge on any atom is -0.299 e. The maximum Gasteiger partial charge on any atom is 0.248 e. The van der Waals surface area contributed by atoms with E-state index in [4.69, 9.17) is 0 Å². The van der Waals surface area contributed by atoms with Crippen molar-refractivity contribution in [1.82, 2.24) is 0 Å². The molecular formula is C16H17F3O2. The number of Topliss-reactive ketones (excluding diaryl/α,β-unsaturated/α-hetero) is 2. The maximum absolute atomic E-state index is 13.5. The van der Waals surface area contributed by atoms with Crippen molar-refractivity contribution in [3.05, 3.63) is 35.6 Å². The second kappa shape index (κ2) is 6.00. The van der Waals surface area contributed by atoms with Crippen LogP contribution in [0.5, 0.6) is 0 Å². The van der Waals surface area contributed by atoms with E-state index < -0.39 is 36.4 Å². The van der Waals surface area contributed by atoms with Crippen molar-refractivity contribution >= 4 is 11.6 Å². The number of ketones is 2. The molecule has 1 saturated carbocycles. The van der Waals surface area contributed by atoms with E-state index in [0.717, 1.165) is 12.1 Å². The van der Waals surface area contributed by atoms with E-state index in [1.54, 1.807) is 6.92 Å². The van der Waals surface area contributed by atoms with E-state index in [9.17, 15) is 22.8 Å². The fourth-order valence-electron chi connectivity index (χ4n) is 2.88. The standard InChI is InChI=1S/C16H17F3O2/c1-2-14(20)13-9-16(18,19)8-7-12(13)15(21)10-3-5-11(17)6-4-10/h3-6,12-13H,2,7-9H2,1H3/t12?,13-/m1/s1. The zero-order valence-corrected chi connectivity index (χ0v) is 11.7. The van der Waals surface area contributed by atoms with Crippen molar-refractivity contribution in [1.29, 1.82) is 0 Å². The SMILES string of the molecule is CCC(=O)[C@@H]1CC(F)(F)CCC1C(=O)c1ccc(F)cc1. The third-order valence-electron chi connectivity index (χ3n) is 4.05. The molecule has 0 radical (unpaired) electrons. The number of benzene rings is 1. The van der Waals surface area contributed by atoms with Crippen LogP contribution < -0.4 is 0 Å². The molecule has 0 aliphatic heterocycles. The minimum absolute atomic E-state index is 0.0143. The molecule has 1 unspecified atom stereocenters. The number of carbonyl (C=O) groups is 2. The van der Waals surface area contributed by atoms with Crippen LogP contribution in [-0.4, -0.2) is 17.5 Å². The summed E-state index contributed by atoms with van der Waals surface area (Å²) in [5.41, 5.74) is 0.264. The predicted octanol–water partition coefficient (Wildman–Crippen LogP) is 4.04. The lowest BCUT2D eigenvalue weighted by Crippen LogP contribution is -2.40. The summed E-state index contributed by atoms with van der Waals surface area (Å²) < 4.78 is 39.9. The van der Waals surface area contributed by atoms with Crippen molar-refractivity contribution in [2.45, 2.75) is 38.5 Å². The summed E-state index contributed by atoms with van der Waals surface area (Å²) in [6.45, 7) is 1.61. The molecule has 0 heterocycles. The van der Waals surface area contributed by atoms with Crippen LogP contribution in [0.2, 0.25) is 0 Å². The Labute approximate surface area is 121 Å². The van der Waals surface area contributed by atoms with Crippen molar-refractivity contribution in [3.63, 3.8) is 0 Å². The first-order chi connectivity index (χ1) is 9.84. The lowest BCUT2D eigenvalue weighted by molar-refractivity contribution is -0.132. The van der Waals surface area contributed by atoms with Gasteiger partial charge in [0.1, 0.15) is 11.6 Å². The molecule has 0 saturated heterocycles. The number of hydrogen-bond donors (Lipinski definition) is 0. The first kappa shape index (κ1) is 15.7. The Kier molecular flexibility index (Phi) is 4.49. The summed E-state index contributed by atoms with van der Waals surface area (Å²) in [5, 5.41) is 0. The van der Waals surface area contributed by atoms with E-state index in [2.05, 4.69) is 0 Å². The summed E-state index contributed by atoms with van der Waals surface area (Å²) in [5.74, 6) is -5.70. The molecule has 1 aromatic carbocycles. The van der Waals surface area contributed by atoms with Gasteiger partial charge >= 0.3 is 0 Å². The molecule has 1 aromatic rings. The van der Waals surface area contributed by atoms with Crippen LogP contribution in [0.15, 0.2) is 24.3 Å². The van der Waals surface area contributed by atoms with E-state index in [1.165, 1.54) is 12.1 Å². The zero-order chi connectivity index (χ0) is 15.6. The minimum atomic E-state index is -2.89. The van der Waals surface area contributed by atoms with Gasteiger partial charge in [-0.2, -0.15) is 0 Å². The first-order valence-corrected chi connectivity index (χ1v) is 7.04. The Bertz CT molecular complexity index is 537. The van der Waals surface area contributed by atoms with E-state index in [0.29, 0.717) is 0 Å². The van der Waals surface area contributed by atoms with E-state index in [1.807, 2.05) is 0 Å². The quantitative estimate of drug-likeness (QED) is 0.786. The van der Waals surface area contributed by atoms with Gasteiger partial charge < -0.3 is 0 Å². The zero-order valence-electron chi connectivity index (χ0n) is 11.7. The molecule has 114 valence electrons. The fourth-order valence-corrected chi connectivity index (χ4v) is 2.88. The van der Waals surface area contributed by atoms with Gasteiger partial charge in [0, 0.05) is 36.7 Å². The monoisotopic (exact) mass is 298 g/mol. The molecule has 21 heavy (non-hydrogen) atoms. The lowest BCUT2D eigenvalue weighted by atomic mass is 9.71. The summed E-state index contributed by atoms with van der Waals surface area (Å²) in [6, 6.07) is 4.97. The van der Waals surface area contributed by atoms with Gasteiger partial charge in [-0.05, 0) is 30.7 Å². The molecule has 0 amide bonds. The van der Waals surface area contributed by atoms with Crippen LogP contribution in [0.1, 0.15) is 43.0 Å². The van der Waals surface area contributed by atoms with Gasteiger partial charge in [-0.3, -0.25) is 9.59 Å². The molecule has 0 spiro atoms. The Morgan fingerprint density at radius 2 is 1.81 bits per heavy atom. The molecule has 2 rings (SSSR count). The second-order valence-electron chi connectivity index (χ2n) is 5.50. The number of hydrogen-bond acceptors (Lipinski definition) is 2. The van der Waals surface area contributed by atoms with Crippen LogP contribution in [0.3, 0.4) is 0 Å². The molecule has 2 nitrogen and oxygen atoms in total. The lowest BCUT2D eigenvalue weighted by Gasteiger charge is -2.34. The highest BCUT2D eigenvalue weighted by molar-refractivity contribution is 6.00. The molecule has 5 heteroatoms. The van der Waals surface area contributed by atoms with Gasteiger partial charge in [0.2, 0.25) is 5.92 Å². The summed E-state index contributed by atoms with van der Waals surface area (Å²) in [4.78, 5) is 24.3. The smallest absolute Gasteiger partial charge is 0.248 e. The average molecular weight is 298 g/mol. The first-order valence-electron chi connectivity index (χ1n) is 7.04. The summed E-state index contributed by atoms with van der Waals surface area (Å²) in [7, 11) is 0. The molecule has 1 fully saturated rings. The summed E-state index contributed by atoms with van der Waals surface area (Å²) in [6.07, 6.45) is -0.844. The van der Waals surface area contributed by atoms with Crippen molar-refractivity contribution in [2.24, 2.45) is 11.8 Å². The highest BCUT2D eigenvalue weighted by Gasteiger charge is 2.46. The number of alkyl halides is 2. The molecule has 2 atom stereocenters. The summed E-state index contributed by atoms with van der Waals surface area (Å²) >= 11 is 0. The van der Waals surface area contributed by atoms with Gasteiger partial charge in [-0.15, -0.1) is 0 Å². The van der Waals surface area contributed by atoms with Gasteiger partial charge in [0.25, 0.3) is 0 Å². The number of carbonyl (C=O) groups excluding carboxylic acids is 2. The number of rotatable bonds is 4. The largest absolute Gasteiger partial charge is 0.299 e. The third-order valence-corrected chi connectivity index (χ3v) is 4.05. The average Bonchev–Trinajstić information content (AvgIpc) is 2.45. The molecule has 1 aliphatic carbocycles. The van der Waals surface area contributed by atoms with Crippen molar-refractivity contribution < 1.29 is 22.8 Å².